The first-order valence-corrected chi connectivity index (χ1v) is 14.8. The van der Waals surface area contributed by atoms with Crippen LogP contribution in [0.4, 0.5) is 26.7 Å². The first kappa shape index (κ1) is 33.4. The number of carbonyl (C=O) groups excluding carboxylic acids is 2. The minimum absolute atomic E-state index is 0.198. The molecule has 0 aliphatic rings. The Morgan fingerprint density at radius 2 is 1.15 bits per heavy atom. The molecule has 41 heavy (non-hydrogen) atoms. The van der Waals surface area contributed by atoms with E-state index in [1.165, 1.54) is 0 Å². The van der Waals surface area contributed by atoms with Crippen LogP contribution in [0.3, 0.4) is 0 Å². The molecule has 10 nitrogen and oxygen atoms in total. The van der Waals surface area contributed by atoms with Crippen molar-refractivity contribution >= 4 is 29.2 Å². The van der Waals surface area contributed by atoms with Crippen molar-refractivity contribution in [3.8, 4) is 5.75 Å². The molecule has 2 aromatic rings. The Bertz CT molecular complexity index is 983. The average Bonchev–Trinajstić information content (AvgIpc) is 2.99. The molecule has 10 heteroatoms. The molecule has 0 aliphatic heterocycles. The van der Waals surface area contributed by atoms with Crippen LogP contribution in [0, 0.1) is 0 Å². The van der Waals surface area contributed by atoms with Gasteiger partial charge in [-0.05, 0) is 61.4 Å². The molecule has 0 heterocycles. The summed E-state index contributed by atoms with van der Waals surface area (Å²) in [5, 5.41) is 14.2. The smallest absolute Gasteiger partial charge is 0.407 e. The van der Waals surface area contributed by atoms with Crippen LogP contribution >= 0.6 is 0 Å². The van der Waals surface area contributed by atoms with Crippen LogP contribution in [0.5, 0.6) is 5.75 Å². The van der Waals surface area contributed by atoms with Crippen molar-refractivity contribution in [2.45, 2.75) is 65.2 Å². The van der Waals surface area contributed by atoms with Crippen molar-refractivity contribution in [3.05, 3.63) is 48.5 Å². The lowest BCUT2D eigenvalue weighted by molar-refractivity contribution is 0.144. The van der Waals surface area contributed by atoms with Gasteiger partial charge in [0.2, 0.25) is 0 Å². The second-order valence-corrected chi connectivity index (χ2v) is 9.65. The summed E-state index contributed by atoms with van der Waals surface area (Å²) in [6, 6.07) is 14.9. The number of benzene rings is 2. The predicted molar refractivity (Wildman–Crippen MR) is 163 cm³/mol. The second-order valence-electron chi connectivity index (χ2n) is 9.65. The van der Waals surface area contributed by atoms with Gasteiger partial charge in [0.15, 0.2) is 0 Å². The van der Waals surface area contributed by atoms with Crippen molar-refractivity contribution in [1.82, 2.24) is 10.6 Å². The predicted octanol–water partition coefficient (Wildman–Crippen LogP) is 7.53. The maximum Gasteiger partial charge on any atom is 0.407 e. The molecule has 2 aromatic carbocycles. The molecule has 0 radical (unpaired) electrons. The number of hydrogen-bond donors (Lipinski definition) is 2. The fraction of sp³-hybridized carbons (Fsp3) is 0.548. The molecule has 2 N–H and O–H groups in total. The zero-order chi connectivity index (χ0) is 29.5. The Kier molecular flexibility index (Phi) is 17.1. The number of azo groups is 1. The van der Waals surface area contributed by atoms with Gasteiger partial charge in [-0.25, -0.2) is 9.59 Å². The number of amides is 2. The van der Waals surface area contributed by atoms with Crippen LogP contribution in [0.25, 0.3) is 0 Å². The summed E-state index contributed by atoms with van der Waals surface area (Å²) in [5.74, 6) is 0.760. The van der Waals surface area contributed by atoms with Gasteiger partial charge in [0.05, 0.1) is 31.6 Å². The molecular formula is C31H47N5O5. The van der Waals surface area contributed by atoms with Gasteiger partial charge < -0.3 is 29.7 Å². The van der Waals surface area contributed by atoms with Crippen molar-refractivity contribution in [3.63, 3.8) is 0 Å². The lowest BCUT2D eigenvalue weighted by atomic mass is 10.2. The number of unbranched alkanes of at least 4 members (excludes halogenated alkanes) is 6. The SMILES string of the molecule is CCCCCCNC(=O)OCCN(CCOC(=O)NCCCCCC)c1ccc(N=Nc2ccc(OC)cc2)cc1. The van der Waals surface area contributed by atoms with Crippen LogP contribution in [-0.2, 0) is 9.47 Å². The number of hydrogen-bond acceptors (Lipinski definition) is 8. The number of ether oxygens (including phenoxy) is 3. The van der Waals surface area contributed by atoms with E-state index in [1.807, 2.05) is 53.4 Å². The number of nitrogens with zero attached hydrogens (tertiary/aromatic N) is 3. The van der Waals surface area contributed by atoms with E-state index in [0.717, 1.165) is 68.5 Å². The first-order chi connectivity index (χ1) is 20.0. The molecule has 0 bridgehead atoms. The van der Waals surface area contributed by atoms with E-state index in [2.05, 4.69) is 34.7 Å². The maximum absolute atomic E-state index is 12.1. The fourth-order valence-electron chi connectivity index (χ4n) is 3.95. The Morgan fingerprint density at radius 3 is 1.59 bits per heavy atom. The number of nitrogens with one attached hydrogen (secondary N) is 2. The van der Waals surface area contributed by atoms with Crippen molar-refractivity contribution < 1.29 is 23.8 Å². The lowest BCUT2D eigenvalue weighted by Crippen LogP contribution is -2.35. The minimum atomic E-state index is -0.422. The van der Waals surface area contributed by atoms with E-state index < -0.39 is 12.2 Å². The summed E-state index contributed by atoms with van der Waals surface area (Å²) in [6.07, 6.45) is 7.83. The van der Waals surface area contributed by atoms with E-state index in [9.17, 15) is 9.59 Å². The molecule has 0 spiro atoms. The molecule has 0 saturated heterocycles. The highest BCUT2D eigenvalue weighted by molar-refractivity contribution is 5.67. The van der Waals surface area contributed by atoms with E-state index in [1.54, 1.807) is 7.11 Å². The van der Waals surface area contributed by atoms with Gasteiger partial charge in [-0.3, -0.25) is 0 Å². The van der Waals surface area contributed by atoms with E-state index >= 15 is 0 Å². The molecular weight excluding hydrogens is 522 g/mol. The third-order valence-corrected chi connectivity index (χ3v) is 6.36. The summed E-state index contributed by atoms with van der Waals surface area (Å²) < 4.78 is 15.9. The zero-order valence-corrected chi connectivity index (χ0v) is 24.9. The summed E-state index contributed by atoms with van der Waals surface area (Å²) in [5.41, 5.74) is 2.31. The highest BCUT2D eigenvalue weighted by Crippen LogP contribution is 2.23. The molecule has 2 rings (SSSR count). The van der Waals surface area contributed by atoms with Gasteiger partial charge in [0.25, 0.3) is 0 Å². The monoisotopic (exact) mass is 569 g/mol. The van der Waals surface area contributed by atoms with Gasteiger partial charge in [0, 0.05) is 18.8 Å². The highest BCUT2D eigenvalue weighted by atomic mass is 16.6. The number of methoxy groups -OCH3 is 1. The number of alkyl carbamates (subject to hydrolysis) is 2. The normalized spacial score (nSPS) is 10.8. The molecule has 0 aliphatic carbocycles. The number of anilines is 1. The summed E-state index contributed by atoms with van der Waals surface area (Å²) in [6.45, 7) is 6.80. The average molecular weight is 570 g/mol. The molecule has 0 unspecified atom stereocenters. The minimum Gasteiger partial charge on any atom is -0.497 e. The third-order valence-electron chi connectivity index (χ3n) is 6.36. The van der Waals surface area contributed by atoms with E-state index in [-0.39, 0.29) is 13.2 Å². The molecule has 2 amide bonds. The molecule has 0 aromatic heterocycles. The fourth-order valence-corrected chi connectivity index (χ4v) is 3.95. The van der Waals surface area contributed by atoms with Crippen LogP contribution < -0.4 is 20.3 Å². The van der Waals surface area contributed by atoms with Gasteiger partial charge >= 0.3 is 12.2 Å². The van der Waals surface area contributed by atoms with E-state index in [0.29, 0.717) is 31.9 Å². The van der Waals surface area contributed by atoms with Gasteiger partial charge in [-0.15, -0.1) is 0 Å². The van der Waals surface area contributed by atoms with Crippen molar-refractivity contribution in [1.29, 1.82) is 0 Å². The van der Waals surface area contributed by atoms with Gasteiger partial charge in [-0.2, -0.15) is 10.2 Å². The van der Waals surface area contributed by atoms with E-state index in [4.69, 9.17) is 14.2 Å². The van der Waals surface area contributed by atoms with Gasteiger partial charge in [0.1, 0.15) is 19.0 Å². The summed E-state index contributed by atoms with van der Waals surface area (Å²) in [4.78, 5) is 26.2. The Labute approximate surface area is 244 Å². The Morgan fingerprint density at radius 1 is 0.683 bits per heavy atom. The van der Waals surface area contributed by atoms with Crippen LogP contribution in [-0.4, -0.2) is 58.7 Å². The molecule has 0 fully saturated rings. The molecule has 0 saturated carbocycles. The topological polar surface area (TPSA) is 114 Å². The second kappa shape index (κ2) is 21.0. The number of rotatable bonds is 20. The maximum atomic E-state index is 12.1. The summed E-state index contributed by atoms with van der Waals surface area (Å²) >= 11 is 0. The van der Waals surface area contributed by atoms with Crippen LogP contribution in [0.15, 0.2) is 58.8 Å². The summed E-state index contributed by atoms with van der Waals surface area (Å²) in [7, 11) is 1.62. The largest absolute Gasteiger partial charge is 0.497 e. The third kappa shape index (κ3) is 14.9. The number of carbonyl (C=O) groups is 2. The van der Waals surface area contributed by atoms with Crippen LogP contribution in [0.1, 0.15) is 65.2 Å². The van der Waals surface area contributed by atoms with Gasteiger partial charge in [-0.1, -0.05) is 52.4 Å². The van der Waals surface area contributed by atoms with Crippen LogP contribution in [0.2, 0.25) is 0 Å². The Balaban J connectivity index is 1.90. The lowest BCUT2D eigenvalue weighted by Gasteiger charge is -2.24. The standard InChI is InChI=1S/C31H47N5O5/c1-4-6-8-10-20-32-30(37)40-24-22-36(23-25-41-31(38)33-21-11-9-7-5-2)28-16-12-26(13-17-28)34-35-27-14-18-29(39-3)19-15-27/h12-19H,4-11,20-25H2,1-3H3,(H,32,37)(H,33,38). The highest BCUT2D eigenvalue weighted by Gasteiger charge is 2.11. The first-order valence-electron chi connectivity index (χ1n) is 14.8. The zero-order valence-electron chi connectivity index (χ0n) is 24.9. The molecule has 0 atom stereocenters. The van der Waals surface area contributed by atoms with Crippen molar-refractivity contribution in [2.75, 3.05) is 51.4 Å². The quantitative estimate of drug-likeness (QED) is 0.126. The molecule has 226 valence electrons. The van der Waals surface area contributed by atoms with Crippen molar-refractivity contribution in [2.24, 2.45) is 10.2 Å². The Hall–Kier alpha value is -3.82.